The summed E-state index contributed by atoms with van der Waals surface area (Å²) in [6.07, 6.45) is 3.94. The Kier molecular flexibility index (Phi) is 4.11. The third-order valence-electron chi connectivity index (χ3n) is 4.11. The maximum atomic E-state index is 12.3. The van der Waals surface area contributed by atoms with Crippen LogP contribution < -0.4 is 0 Å². The Morgan fingerprint density at radius 2 is 2.05 bits per heavy atom. The number of sulfonamides is 1. The molecule has 3 unspecified atom stereocenters. The lowest BCUT2D eigenvalue weighted by Crippen LogP contribution is -2.47. The normalized spacial score (nSPS) is 31.6. The molecule has 0 radical (unpaired) electrons. The maximum absolute atomic E-state index is 12.3. The van der Waals surface area contributed by atoms with E-state index < -0.39 is 22.0 Å². The minimum Gasteiger partial charge on any atom is -0.480 e. The Labute approximate surface area is 113 Å². The van der Waals surface area contributed by atoms with Gasteiger partial charge in [-0.25, -0.2) is 8.42 Å². The summed E-state index contributed by atoms with van der Waals surface area (Å²) in [7, 11) is -3.66. The number of fused-ring (bicyclic) bond motifs is 1. The molecule has 6 nitrogen and oxygen atoms in total. The number of carbonyl (C=O) groups is 1. The molecular formula is C12H18N2O4S. The fraction of sp³-hybridized carbons (Fsp3) is 0.833. The summed E-state index contributed by atoms with van der Waals surface area (Å²) in [6, 6.07) is 0.681. The van der Waals surface area contributed by atoms with Gasteiger partial charge in [-0.3, -0.25) is 4.79 Å². The van der Waals surface area contributed by atoms with Crippen LogP contribution in [0.3, 0.4) is 0 Å². The fourth-order valence-electron chi connectivity index (χ4n) is 3.31. The van der Waals surface area contributed by atoms with Crippen molar-refractivity contribution in [1.29, 1.82) is 5.26 Å². The number of nitrogens with zero attached hydrogens (tertiary/aromatic N) is 2. The summed E-state index contributed by atoms with van der Waals surface area (Å²) in [5, 5.41) is 17.8. The average Bonchev–Trinajstić information content (AvgIpc) is 2.76. The van der Waals surface area contributed by atoms with Crippen LogP contribution in [0.25, 0.3) is 0 Å². The minimum atomic E-state index is -3.66. The molecule has 0 amide bonds. The molecule has 0 aromatic rings. The van der Waals surface area contributed by atoms with E-state index >= 15 is 0 Å². The number of hydrogen-bond acceptors (Lipinski definition) is 4. The molecule has 2 aliphatic rings. The van der Waals surface area contributed by atoms with Crippen molar-refractivity contribution < 1.29 is 18.3 Å². The average molecular weight is 286 g/mol. The van der Waals surface area contributed by atoms with Crippen LogP contribution in [0.1, 0.15) is 38.5 Å². The van der Waals surface area contributed by atoms with Gasteiger partial charge in [0.2, 0.25) is 10.0 Å². The van der Waals surface area contributed by atoms with Crippen LogP contribution in [-0.4, -0.2) is 41.6 Å². The summed E-state index contributed by atoms with van der Waals surface area (Å²) in [5.74, 6) is -1.20. The molecule has 1 N–H and O–H groups in total. The second kappa shape index (κ2) is 5.47. The first kappa shape index (κ1) is 14.3. The molecule has 2 rings (SSSR count). The third-order valence-corrected chi connectivity index (χ3v) is 5.99. The molecule has 1 saturated carbocycles. The van der Waals surface area contributed by atoms with Crippen LogP contribution in [0.5, 0.6) is 0 Å². The van der Waals surface area contributed by atoms with Gasteiger partial charge in [0.05, 0.1) is 18.2 Å². The van der Waals surface area contributed by atoms with E-state index in [1.54, 1.807) is 0 Å². The van der Waals surface area contributed by atoms with E-state index in [2.05, 4.69) is 0 Å². The smallest absolute Gasteiger partial charge is 0.322 e. The second-order valence-corrected chi connectivity index (χ2v) is 7.25. The molecule has 3 atom stereocenters. The molecule has 7 heteroatoms. The zero-order valence-corrected chi connectivity index (χ0v) is 11.5. The highest BCUT2D eigenvalue weighted by Crippen LogP contribution is 2.41. The van der Waals surface area contributed by atoms with Gasteiger partial charge in [-0.15, -0.1) is 0 Å². The van der Waals surface area contributed by atoms with Crippen LogP contribution in [0.2, 0.25) is 0 Å². The van der Waals surface area contributed by atoms with E-state index in [1.165, 1.54) is 4.31 Å². The van der Waals surface area contributed by atoms with Gasteiger partial charge in [0, 0.05) is 6.04 Å². The molecule has 2 fully saturated rings. The lowest BCUT2D eigenvalue weighted by atomic mass is 9.85. The van der Waals surface area contributed by atoms with Crippen molar-refractivity contribution in [2.24, 2.45) is 5.92 Å². The number of carboxylic acid groups (broad SMARTS) is 1. The van der Waals surface area contributed by atoms with Crippen molar-refractivity contribution in [3.05, 3.63) is 0 Å². The minimum absolute atomic E-state index is 0.0947. The molecule has 1 aliphatic heterocycles. The highest BCUT2D eigenvalue weighted by atomic mass is 32.2. The van der Waals surface area contributed by atoms with Gasteiger partial charge in [0.15, 0.2) is 0 Å². The fourth-order valence-corrected chi connectivity index (χ4v) is 5.12. The first-order valence-electron chi connectivity index (χ1n) is 6.58. The largest absolute Gasteiger partial charge is 0.480 e. The quantitative estimate of drug-likeness (QED) is 0.829. The number of carboxylic acids is 1. The molecule has 0 aromatic heterocycles. The third kappa shape index (κ3) is 2.74. The van der Waals surface area contributed by atoms with Crippen molar-refractivity contribution >= 4 is 16.0 Å². The zero-order chi connectivity index (χ0) is 14.0. The van der Waals surface area contributed by atoms with Gasteiger partial charge >= 0.3 is 5.97 Å². The molecule has 0 bridgehead atoms. The van der Waals surface area contributed by atoms with Gasteiger partial charge in [-0.2, -0.15) is 9.57 Å². The van der Waals surface area contributed by atoms with Crippen molar-refractivity contribution in [2.45, 2.75) is 50.6 Å². The van der Waals surface area contributed by atoms with E-state index in [4.69, 9.17) is 5.26 Å². The summed E-state index contributed by atoms with van der Waals surface area (Å²) in [6.45, 7) is 0. The molecule has 1 saturated heterocycles. The number of hydrogen-bond donors (Lipinski definition) is 1. The lowest BCUT2D eigenvalue weighted by Gasteiger charge is -2.31. The van der Waals surface area contributed by atoms with Gasteiger partial charge in [0.1, 0.15) is 6.04 Å². The predicted molar refractivity (Wildman–Crippen MR) is 67.6 cm³/mol. The molecule has 106 valence electrons. The Morgan fingerprint density at radius 3 is 2.68 bits per heavy atom. The van der Waals surface area contributed by atoms with Crippen LogP contribution in [-0.2, 0) is 14.8 Å². The number of nitriles is 1. The second-order valence-electron chi connectivity index (χ2n) is 5.26. The van der Waals surface area contributed by atoms with Gasteiger partial charge in [0.25, 0.3) is 0 Å². The first-order valence-corrected chi connectivity index (χ1v) is 8.19. The summed E-state index contributed by atoms with van der Waals surface area (Å²) in [4.78, 5) is 11.3. The van der Waals surface area contributed by atoms with Crippen LogP contribution >= 0.6 is 0 Å². The van der Waals surface area contributed by atoms with Gasteiger partial charge in [-0.05, 0) is 25.2 Å². The maximum Gasteiger partial charge on any atom is 0.322 e. The van der Waals surface area contributed by atoms with E-state index in [9.17, 15) is 18.3 Å². The Morgan fingerprint density at radius 1 is 1.37 bits per heavy atom. The SMILES string of the molecule is N#CCCS(=O)(=O)N1C(C(=O)O)CC2CCCCC21. The van der Waals surface area contributed by atoms with Crippen molar-refractivity contribution in [3.8, 4) is 6.07 Å². The predicted octanol–water partition coefficient (Wildman–Crippen LogP) is 0.948. The van der Waals surface area contributed by atoms with E-state index in [0.717, 1.165) is 25.7 Å². The molecular weight excluding hydrogens is 268 g/mol. The highest BCUT2D eigenvalue weighted by molar-refractivity contribution is 7.89. The first-order chi connectivity index (χ1) is 8.97. The molecule has 0 spiro atoms. The van der Waals surface area contributed by atoms with E-state index in [1.807, 2.05) is 6.07 Å². The number of rotatable bonds is 4. The van der Waals surface area contributed by atoms with Crippen LogP contribution in [0.4, 0.5) is 0 Å². The van der Waals surface area contributed by atoms with Crippen molar-refractivity contribution in [2.75, 3.05) is 5.75 Å². The van der Waals surface area contributed by atoms with E-state index in [0.29, 0.717) is 6.42 Å². The van der Waals surface area contributed by atoms with Gasteiger partial charge < -0.3 is 5.11 Å². The standard InChI is InChI=1S/C12H18N2O4S/c13-6-3-7-19(17,18)14-10-5-2-1-4-9(10)8-11(14)12(15)16/h9-11H,1-5,7-8H2,(H,15,16). The summed E-state index contributed by atoms with van der Waals surface area (Å²) < 4.78 is 25.7. The van der Waals surface area contributed by atoms with Crippen LogP contribution in [0.15, 0.2) is 0 Å². The molecule has 19 heavy (non-hydrogen) atoms. The Bertz CT molecular complexity index is 496. The van der Waals surface area contributed by atoms with Crippen molar-refractivity contribution in [1.82, 2.24) is 4.31 Å². The van der Waals surface area contributed by atoms with Crippen molar-refractivity contribution in [3.63, 3.8) is 0 Å². The Hall–Kier alpha value is -1.13. The number of aliphatic carboxylic acids is 1. The topological polar surface area (TPSA) is 98.5 Å². The van der Waals surface area contributed by atoms with Crippen LogP contribution in [0, 0.1) is 17.2 Å². The molecule has 1 aliphatic carbocycles. The van der Waals surface area contributed by atoms with Gasteiger partial charge in [-0.1, -0.05) is 12.8 Å². The molecule has 1 heterocycles. The zero-order valence-electron chi connectivity index (χ0n) is 10.7. The molecule has 0 aromatic carbocycles. The summed E-state index contributed by atoms with van der Waals surface area (Å²) in [5.41, 5.74) is 0. The van der Waals surface area contributed by atoms with E-state index in [-0.39, 0.29) is 24.1 Å². The summed E-state index contributed by atoms with van der Waals surface area (Å²) >= 11 is 0. The lowest BCUT2D eigenvalue weighted by molar-refractivity contribution is -0.141. The monoisotopic (exact) mass is 286 g/mol. The Balaban J connectivity index is 2.27. The highest BCUT2D eigenvalue weighted by Gasteiger charge is 2.50.